The van der Waals surface area contributed by atoms with Gasteiger partial charge in [0.2, 0.25) is 0 Å². The van der Waals surface area contributed by atoms with Crippen LogP contribution in [0.5, 0.6) is 5.75 Å². The molecule has 0 aliphatic carbocycles. The van der Waals surface area contributed by atoms with Crippen molar-refractivity contribution in [1.82, 2.24) is 0 Å². The van der Waals surface area contributed by atoms with Crippen LogP contribution in [0.3, 0.4) is 0 Å². The van der Waals surface area contributed by atoms with Crippen molar-refractivity contribution in [2.24, 2.45) is 0 Å². The molecular formula is C23H22BrClN2O2. The van der Waals surface area contributed by atoms with Gasteiger partial charge in [-0.25, -0.2) is 0 Å². The number of rotatable bonds is 7. The summed E-state index contributed by atoms with van der Waals surface area (Å²) in [6.45, 7) is 4.62. The molecule has 0 spiro atoms. The van der Waals surface area contributed by atoms with Gasteiger partial charge in [-0.15, -0.1) is 0 Å². The number of nitrogens with one attached hydrogen (secondary N) is 2. The van der Waals surface area contributed by atoms with E-state index in [1.807, 2.05) is 74.5 Å². The lowest BCUT2D eigenvalue weighted by molar-refractivity contribution is -0.118. The average molecular weight is 474 g/mol. The van der Waals surface area contributed by atoms with Gasteiger partial charge in [0.1, 0.15) is 5.75 Å². The summed E-state index contributed by atoms with van der Waals surface area (Å²) in [5, 5.41) is 6.91. The Hall–Kier alpha value is -2.50. The number of hydrogen-bond acceptors (Lipinski definition) is 3. The van der Waals surface area contributed by atoms with E-state index in [0.717, 1.165) is 32.5 Å². The molecule has 0 fully saturated rings. The third kappa shape index (κ3) is 6.24. The van der Waals surface area contributed by atoms with E-state index in [2.05, 4.69) is 26.6 Å². The number of ether oxygens (including phenoxy) is 1. The molecule has 0 saturated carbocycles. The summed E-state index contributed by atoms with van der Waals surface area (Å²) in [5.74, 6) is 0.412. The molecule has 0 radical (unpaired) electrons. The third-order valence-electron chi connectivity index (χ3n) is 4.37. The Morgan fingerprint density at radius 2 is 1.79 bits per heavy atom. The molecule has 0 aliphatic rings. The molecule has 0 aliphatic heterocycles. The van der Waals surface area contributed by atoms with Crippen molar-refractivity contribution in [2.75, 3.05) is 17.2 Å². The minimum atomic E-state index is -0.206. The maximum atomic E-state index is 12.1. The van der Waals surface area contributed by atoms with Gasteiger partial charge in [-0.3, -0.25) is 4.79 Å². The first kappa shape index (κ1) is 21.2. The minimum Gasteiger partial charge on any atom is -0.483 e. The van der Waals surface area contributed by atoms with E-state index in [9.17, 15) is 4.79 Å². The van der Waals surface area contributed by atoms with Crippen LogP contribution in [0.25, 0.3) is 0 Å². The summed E-state index contributed by atoms with van der Waals surface area (Å²) < 4.78 is 6.44. The molecule has 3 aromatic carbocycles. The van der Waals surface area contributed by atoms with Gasteiger partial charge in [0.05, 0.1) is 4.47 Å². The fourth-order valence-electron chi connectivity index (χ4n) is 2.73. The molecule has 0 saturated heterocycles. The van der Waals surface area contributed by atoms with Gasteiger partial charge in [0, 0.05) is 22.9 Å². The van der Waals surface area contributed by atoms with Crippen LogP contribution in [-0.2, 0) is 11.3 Å². The second-order valence-corrected chi connectivity index (χ2v) is 8.07. The van der Waals surface area contributed by atoms with E-state index >= 15 is 0 Å². The Morgan fingerprint density at radius 3 is 2.52 bits per heavy atom. The Bertz CT molecular complexity index is 1010. The van der Waals surface area contributed by atoms with Gasteiger partial charge >= 0.3 is 0 Å². The quantitative estimate of drug-likeness (QED) is 0.420. The van der Waals surface area contributed by atoms with Crippen molar-refractivity contribution in [1.29, 1.82) is 0 Å². The summed E-state index contributed by atoms with van der Waals surface area (Å²) in [4.78, 5) is 12.1. The molecule has 0 bridgehead atoms. The van der Waals surface area contributed by atoms with Gasteiger partial charge in [-0.2, -0.15) is 0 Å². The van der Waals surface area contributed by atoms with Crippen LogP contribution in [0.15, 0.2) is 65.1 Å². The van der Waals surface area contributed by atoms with Crippen LogP contribution in [0.4, 0.5) is 11.4 Å². The molecule has 0 heterocycles. The highest BCUT2D eigenvalue weighted by Crippen LogP contribution is 2.27. The van der Waals surface area contributed by atoms with Crippen LogP contribution >= 0.6 is 27.5 Å². The summed E-state index contributed by atoms with van der Waals surface area (Å²) in [6, 6.07) is 19.2. The van der Waals surface area contributed by atoms with E-state index in [0.29, 0.717) is 17.3 Å². The van der Waals surface area contributed by atoms with Gasteiger partial charge in [0.25, 0.3) is 5.91 Å². The number of halogens is 2. The molecule has 6 heteroatoms. The topological polar surface area (TPSA) is 50.4 Å². The molecule has 29 heavy (non-hydrogen) atoms. The summed E-state index contributed by atoms with van der Waals surface area (Å²) in [7, 11) is 0. The van der Waals surface area contributed by atoms with Crippen molar-refractivity contribution >= 4 is 44.8 Å². The molecular weight excluding hydrogens is 452 g/mol. The smallest absolute Gasteiger partial charge is 0.262 e. The molecule has 4 nitrogen and oxygen atoms in total. The standard InChI is InChI=1S/C23H22BrClN2O2/c1-15-3-8-19(9-4-15)27-23(28)14-29-22-10-6-17(11-20(22)24)13-26-21-12-18(25)7-5-16(21)2/h3-12,26H,13-14H2,1-2H3,(H,27,28). The Labute approximate surface area is 184 Å². The molecule has 2 N–H and O–H groups in total. The molecule has 0 aromatic heterocycles. The average Bonchev–Trinajstić information content (AvgIpc) is 2.69. The van der Waals surface area contributed by atoms with Crippen molar-refractivity contribution in [3.05, 3.63) is 86.8 Å². The minimum absolute atomic E-state index is 0.0637. The number of amides is 1. The largest absolute Gasteiger partial charge is 0.483 e. The zero-order chi connectivity index (χ0) is 20.8. The van der Waals surface area contributed by atoms with Gasteiger partial charge < -0.3 is 15.4 Å². The SMILES string of the molecule is Cc1ccc(NC(=O)COc2ccc(CNc3cc(Cl)ccc3C)cc2Br)cc1. The van der Waals surface area contributed by atoms with Gasteiger partial charge in [0.15, 0.2) is 6.61 Å². The van der Waals surface area contributed by atoms with Gasteiger partial charge in [-0.1, -0.05) is 41.4 Å². The first-order valence-corrected chi connectivity index (χ1v) is 10.4. The second-order valence-electron chi connectivity index (χ2n) is 6.78. The van der Waals surface area contributed by atoms with Crippen LogP contribution in [0.2, 0.25) is 5.02 Å². The van der Waals surface area contributed by atoms with Gasteiger partial charge in [-0.05, 0) is 77.3 Å². The molecule has 150 valence electrons. The Balaban J connectivity index is 1.54. The first-order chi connectivity index (χ1) is 13.9. The molecule has 0 atom stereocenters. The number of carbonyl (C=O) groups excluding carboxylic acids is 1. The third-order valence-corrected chi connectivity index (χ3v) is 5.23. The zero-order valence-corrected chi connectivity index (χ0v) is 18.6. The molecule has 3 rings (SSSR count). The second kappa shape index (κ2) is 9.81. The number of benzene rings is 3. The highest BCUT2D eigenvalue weighted by Gasteiger charge is 2.08. The van der Waals surface area contributed by atoms with E-state index in [-0.39, 0.29) is 12.5 Å². The fraction of sp³-hybridized carbons (Fsp3) is 0.174. The molecule has 1 amide bonds. The Kier molecular flexibility index (Phi) is 7.18. The predicted octanol–water partition coefficient (Wildman–Crippen LogP) is 6.35. The number of carbonyl (C=O) groups is 1. The highest BCUT2D eigenvalue weighted by atomic mass is 79.9. The maximum Gasteiger partial charge on any atom is 0.262 e. The summed E-state index contributed by atoms with van der Waals surface area (Å²) in [5.41, 5.74) is 5.10. The fourth-order valence-corrected chi connectivity index (χ4v) is 3.44. The lowest BCUT2D eigenvalue weighted by Crippen LogP contribution is -2.20. The summed E-state index contributed by atoms with van der Waals surface area (Å²) in [6.07, 6.45) is 0. The van der Waals surface area contributed by atoms with Crippen molar-refractivity contribution in [3.63, 3.8) is 0 Å². The first-order valence-electron chi connectivity index (χ1n) is 9.18. The normalized spacial score (nSPS) is 10.5. The predicted molar refractivity (Wildman–Crippen MR) is 123 cm³/mol. The van der Waals surface area contributed by atoms with Crippen molar-refractivity contribution in [3.8, 4) is 5.75 Å². The highest BCUT2D eigenvalue weighted by molar-refractivity contribution is 9.10. The van der Waals surface area contributed by atoms with E-state index in [1.54, 1.807) is 0 Å². The number of hydrogen-bond donors (Lipinski definition) is 2. The van der Waals surface area contributed by atoms with Crippen LogP contribution in [0.1, 0.15) is 16.7 Å². The van der Waals surface area contributed by atoms with E-state index in [1.165, 1.54) is 0 Å². The van der Waals surface area contributed by atoms with Crippen LogP contribution < -0.4 is 15.4 Å². The molecule has 3 aromatic rings. The molecule has 0 unspecified atom stereocenters. The van der Waals surface area contributed by atoms with E-state index < -0.39 is 0 Å². The van der Waals surface area contributed by atoms with Crippen LogP contribution in [0, 0.1) is 13.8 Å². The number of anilines is 2. The number of aryl methyl sites for hydroxylation is 2. The van der Waals surface area contributed by atoms with Crippen molar-refractivity contribution in [2.45, 2.75) is 20.4 Å². The monoisotopic (exact) mass is 472 g/mol. The van der Waals surface area contributed by atoms with E-state index in [4.69, 9.17) is 16.3 Å². The summed E-state index contributed by atoms with van der Waals surface area (Å²) >= 11 is 9.58. The van der Waals surface area contributed by atoms with Crippen molar-refractivity contribution < 1.29 is 9.53 Å². The zero-order valence-electron chi connectivity index (χ0n) is 16.3. The lowest BCUT2D eigenvalue weighted by atomic mass is 10.1. The lowest BCUT2D eigenvalue weighted by Gasteiger charge is -2.12. The van der Waals surface area contributed by atoms with Crippen LogP contribution in [-0.4, -0.2) is 12.5 Å². The maximum absolute atomic E-state index is 12.1. The Morgan fingerprint density at radius 1 is 1.03 bits per heavy atom.